The maximum absolute atomic E-state index is 12.6. The summed E-state index contributed by atoms with van der Waals surface area (Å²) in [6.45, 7) is 10.1. The molecule has 1 aliphatic carbocycles. The van der Waals surface area contributed by atoms with E-state index < -0.39 is 0 Å². The molecule has 3 fully saturated rings. The highest BCUT2D eigenvalue weighted by atomic mass is 16.2. The molecule has 2 saturated heterocycles. The quantitative estimate of drug-likeness (QED) is 0.780. The maximum atomic E-state index is 12.6. The number of likely N-dealkylation sites (tertiary alicyclic amines) is 2. The van der Waals surface area contributed by atoms with Crippen LogP contribution in [0.3, 0.4) is 0 Å². The van der Waals surface area contributed by atoms with Crippen LogP contribution in [-0.4, -0.2) is 47.8 Å². The Labute approximate surface area is 181 Å². The lowest BCUT2D eigenvalue weighted by Gasteiger charge is -2.35. The largest absolute Gasteiger partial charge is 0.352 e. The first-order valence-electron chi connectivity index (χ1n) is 11.8. The predicted molar refractivity (Wildman–Crippen MR) is 119 cm³/mol. The molecular weight excluding hydrogens is 374 g/mol. The van der Waals surface area contributed by atoms with Gasteiger partial charge >= 0.3 is 0 Å². The van der Waals surface area contributed by atoms with Crippen LogP contribution < -0.4 is 5.32 Å². The molecule has 4 rings (SSSR count). The first kappa shape index (κ1) is 21.4. The van der Waals surface area contributed by atoms with Crippen LogP contribution in [0.2, 0.25) is 0 Å². The molecule has 1 N–H and O–H groups in total. The molecule has 3 aliphatic rings. The lowest BCUT2D eigenvalue weighted by Crippen LogP contribution is -2.43. The monoisotopic (exact) mass is 411 g/mol. The molecule has 0 bridgehead atoms. The molecule has 0 spiro atoms. The molecule has 2 amide bonds. The fraction of sp³-hybridized carbons (Fsp3) is 0.680. The zero-order chi connectivity index (χ0) is 21.1. The van der Waals surface area contributed by atoms with Crippen molar-refractivity contribution in [2.24, 2.45) is 23.7 Å². The number of hydrogen-bond donors (Lipinski definition) is 1. The summed E-state index contributed by atoms with van der Waals surface area (Å²) in [4.78, 5) is 29.2. The van der Waals surface area contributed by atoms with Gasteiger partial charge < -0.3 is 10.2 Å². The van der Waals surface area contributed by atoms with Gasteiger partial charge in [-0.25, -0.2) is 0 Å². The van der Waals surface area contributed by atoms with Crippen molar-refractivity contribution >= 4 is 11.8 Å². The van der Waals surface area contributed by atoms with Gasteiger partial charge in [-0.15, -0.1) is 0 Å². The van der Waals surface area contributed by atoms with E-state index in [0.29, 0.717) is 12.5 Å². The third-order valence-electron chi connectivity index (χ3n) is 6.94. The van der Waals surface area contributed by atoms with Gasteiger partial charge in [-0.3, -0.25) is 14.5 Å². The van der Waals surface area contributed by atoms with Crippen molar-refractivity contribution in [1.29, 1.82) is 0 Å². The Morgan fingerprint density at radius 1 is 0.900 bits per heavy atom. The lowest BCUT2D eigenvalue weighted by atomic mass is 9.91. The molecule has 0 radical (unpaired) electrons. The van der Waals surface area contributed by atoms with Crippen molar-refractivity contribution in [3.05, 3.63) is 35.4 Å². The molecule has 1 saturated carbocycles. The number of amides is 2. The van der Waals surface area contributed by atoms with Crippen molar-refractivity contribution in [3.8, 4) is 0 Å². The van der Waals surface area contributed by atoms with Crippen LogP contribution >= 0.6 is 0 Å². The summed E-state index contributed by atoms with van der Waals surface area (Å²) in [7, 11) is 0. The van der Waals surface area contributed by atoms with E-state index in [1.165, 1.54) is 25.1 Å². The van der Waals surface area contributed by atoms with E-state index >= 15 is 0 Å². The minimum atomic E-state index is 0.0376. The second kappa shape index (κ2) is 9.51. The maximum Gasteiger partial charge on any atom is 0.225 e. The highest BCUT2D eigenvalue weighted by molar-refractivity contribution is 5.82. The molecular formula is C25H37N3O2. The number of nitrogens with zero attached hydrogens (tertiary/aromatic N) is 2. The lowest BCUT2D eigenvalue weighted by molar-refractivity contribution is -0.136. The van der Waals surface area contributed by atoms with Crippen LogP contribution in [0, 0.1) is 23.7 Å². The van der Waals surface area contributed by atoms with E-state index in [2.05, 4.69) is 48.3 Å². The van der Waals surface area contributed by atoms with E-state index in [1.54, 1.807) is 0 Å². The van der Waals surface area contributed by atoms with Gasteiger partial charge in [0.05, 0.1) is 0 Å². The molecule has 0 aromatic heterocycles. The van der Waals surface area contributed by atoms with Gasteiger partial charge in [0.25, 0.3) is 0 Å². The number of hydrogen-bond acceptors (Lipinski definition) is 3. The molecule has 0 unspecified atom stereocenters. The smallest absolute Gasteiger partial charge is 0.225 e. The summed E-state index contributed by atoms with van der Waals surface area (Å²) in [6, 6.07) is 8.69. The topological polar surface area (TPSA) is 52.7 Å². The number of benzene rings is 1. The highest BCUT2D eigenvalue weighted by Crippen LogP contribution is 2.32. The third kappa shape index (κ3) is 5.63. The summed E-state index contributed by atoms with van der Waals surface area (Å²) in [6.07, 6.45) is 5.01. The predicted octanol–water partition coefficient (Wildman–Crippen LogP) is 3.43. The van der Waals surface area contributed by atoms with E-state index in [4.69, 9.17) is 0 Å². The van der Waals surface area contributed by atoms with Crippen LogP contribution in [0.5, 0.6) is 0 Å². The van der Waals surface area contributed by atoms with Gasteiger partial charge in [0.15, 0.2) is 0 Å². The highest BCUT2D eigenvalue weighted by Gasteiger charge is 2.35. The van der Waals surface area contributed by atoms with Gasteiger partial charge in [0.1, 0.15) is 0 Å². The fourth-order valence-corrected chi connectivity index (χ4v) is 5.23. The Morgan fingerprint density at radius 2 is 1.50 bits per heavy atom. The summed E-state index contributed by atoms with van der Waals surface area (Å²) >= 11 is 0. The van der Waals surface area contributed by atoms with E-state index in [-0.39, 0.29) is 17.7 Å². The number of rotatable bonds is 6. The van der Waals surface area contributed by atoms with Crippen LogP contribution in [0.1, 0.15) is 57.1 Å². The Balaban J connectivity index is 1.19. The second-order valence-electron chi connectivity index (χ2n) is 10.0. The van der Waals surface area contributed by atoms with E-state index in [0.717, 1.165) is 62.7 Å². The van der Waals surface area contributed by atoms with Crippen molar-refractivity contribution in [1.82, 2.24) is 15.1 Å². The summed E-state index contributed by atoms with van der Waals surface area (Å²) in [5.74, 6) is 2.32. The van der Waals surface area contributed by atoms with Gasteiger partial charge in [0, 0.05) is 51.1 Å². The van der Waals surface area contributed by atoms with Crippen LogP contribution in [0.25, 0.3) is 0 Å². The van der Waals surface area contributed by atoms with Crippen LogP contribution in [0.15, 0.2) is 24.3 Å². The second-order valence-corrected chi connectivity index (χ2v) is 10.0. The van der Waals surface area contributed by atoms with Crippen molar-refractivity contribution in [2.75, 3.05) is 26.2 Å². The Morgan fingerprint density at radius 3 is 2.10 bits per heavy atom. The van der Waals surface area contributed by atoms with E-state index in [1.807, 2.05) is 4.90 Å². The number of nitrogens with one attached hydrogen (secondary N) is 1. The minimum absolute atomic E-state index is 0.0376. The average molecular weight is 412 g/mol. The van der Waals surface area contributed by atoms with Gasteiger partial charge in [0.2, 0.25) is 11.8 Å². The molecule has 1 aromatic rings. The van der Waals surface area contributed by atoms with Crippen molar-refractivity contribution in [2.45, 2.75) is 59.0 Å². The molecule has 2 aliphatic heterocycles. The van der Waals surface area contributed by atoms with Crippen molar-refractivity contribution in [3.63, 3.8) is 0 Å². The molecule has 1 aromatic carbocycles. The van der Waals surface area contributed by atoms with Crippen LogP contribution in [0.4, 0.5) is 0 Å². The Kier molecular flexibility index (Phi) is 6.77. The van der Waals surface area contributed by atoms with Gasteiger partial charge in [-0.05, 0) is 55.1 Å². The van der Waals surface area contributed by atoms with E-state index in [9.17, 15) is 9.59 Å². The van der Waals surface area contributed by atoms with Crippen molar-refractivity contribution < 1.29 is 9.59 Å². The minimum Gasteiger partial charge on any atom is -0.352 e. The molecule has 30 heavy (non-hydrogen) atoms. The Bertz CT molecular complexity index is 725. The van der Waals surface area contributed by atoms with Gasteiger partial charge in [-0.1, -0.05) is 38.1 Å². The molecule has 5 nitrogen and oxygen atoms in total. The number of carbonyl (C=O) groups is 2. The zero-order valence-corrected chi connectivity index (χ0v) is 18.6. The Hall–Kier alpha value is -1.88. The van der Waals surface area contributed by atoms with Gasteiger partial charge in [-0.2, -0.15) is 0 Å². The third-order valence-corrected chi connectivity index (χ3v) is 6.94. The molecule has 2 atom stereocenters. The normalized spacial score (nSPS) is 25.9. The summed E-state index contributed by atoms with van der Waals surface area (Å²) in [5, 5.41) is 3.11. The number of carbonyl (C=O) groups excluding carboxylic acids is 2. The summed E-state index contributed by atoms with van der Waals surface area (Å²) in [5.41, 5.74) is 2.49. The fourth-order valence-electron chi connectivity index (χ4n) is 5.23. The first-order valence-corrected chi connectivity index (χ1v) is 11.8. The SMILES string of the molecule is C[C@@H]1C[C@H](C)CN(Cc2ccc(CNC(=O)C3CCN(C(=O)C4CC4)CC3)cc2)C1. The number of piperidine rings is 2. The molecule has 2 heterocycles. The summed E-state index contributed by atoms with van der Waals surface area (Å²) < 4.78 is 0. The first-order chi connectivity index (χ1) is 14.5. The zero-order valence-electron chi connectivity index (χ0n) is 18.6. The van der Waals surface area contributed by atoms with Crippen LogP contribution in [-0.2, 0) is 22.7 Å². The molecule has 5 heteroatoms. The standard InChI is InChI=1S/C25H37N3O2/c1-18-13-19(2)16-27(15-18)17-21-5-3-20(4-6-21)14-26-24(29)22-9-11-28(12-10-22)25(30)23-7-8-23/h3-6,18-19,22-23H,7-17H2,1-2H3,(H,26,29)/t18-,19+. The average Bonchev–Trinajstić information content (AvgIpc) is 3.57. The molecule has 164 valence electrons.